The van der Waals surface area contributed by atoms with Crippen LogP contribution in [0.5, 0.6) is 5.75 Å². The monoisotopic (exact) mass is 374 g/mol. The van der Waals surface area contributed by atoms with E-state index in [1.165, 1.54) is 6.07 Å². The quantitative estimate of drug-likeness (QED) is 0.367. The van der Waals surface area contributed by atoms with Gasteiger partial charge in [0.05, 0.1) is 17.7 Å². The molecule has 26 heavy (non-hydrogen) atoms. The molecular formula is C21H23ClO4. The van der Waals surface area contributed by atoms with Crippen LogP contribution < -0.4 is 4.74 Å². The van der Waals surface area contributed by atoms with Crippen LogP contribution in [0.4, 0.5) is 0 Å². The van der Waals surface area contributed by atoms with Crippen LogP contribution in [0, 0.1) is 12.8 Å². The summed E-state index contributed by atoms with van der Waals surface area (Å²) >= 11 is 5.90. The van der Waals surface area contributed by atoms with Crippen molar-refractivity contribution < 1.29 is 19.1 Å². The molecule has 0 aliphatic rings. The largest absolute Gasteiger partial charge is 0.462 e. The van der Waals surface area contributed by atoms with Gasteiger partial charge in [0.15, 0.2) is 0 Å². The molecular weight excluding hydrogens is 352 g/mol. The van der Waals surface area contributed by atoms with Gasteiger partial charge in [-0.25, -0.2) is 9.59 Å². The summed E-state index contributed by atoms with van der Waals surface area (Å²) in [4.78, 5) is 24.5. The molecule has 4 nitrogen and oxygen atoms in total. The van der Waals surface area contributed by atoms with Crippen molar-refractivity contribution in [3.8, 4) is 5.75 Å². The number of hydrogen-bond donors (Lipinski definition) is 0. The van der Waals surface area contributed by atoms with Crippen molar-refractivity contribution in [2.24, 2.45) is 5.92 Å². The molecule has 0 atom stereocenters. The third-order valence-corrected chi connectivity index (χ3v) is 4.07. The van der Waals surface area contributed by atoms with Gasteiger partial charge in [0.25, 0.3) is 0 Å². The summed E-state index contributed by atoms with van der Waals surface area (Å²) < 4.78 is 10.7. The van der Waals surface area contributed by atoms with E-state index in [1.807, 2.05) is 0 Å². The standard InChI is InChI=1S/C21H23ClO4/c1-14(2)6-5-11-25-20(23)16-7-4-8-17(13-16)21(24)26-19-10-9-18(22)12-15(19)3/h4,7-10,12-14H,5-6,11H2,1-3H3. The van der Waals surface area contributed by atoms with Gasteiger partial charge in [0, 0.05) is 5.02 Å². The van der Waals surface area contributed by atoms with Crippen LogP contribution in [0.1, 0.15) is 53.0 Å². The Morgan fingerprint density at radius 3 is 2.38 bits per heavy atom. The van der Waals surface area contributed by atoms with Crippen molar-refractivity contribution in [1.29, 1.82) is 0 Å². The second-order valence-corrected chi connectivity index (χ2v) is 6.99. The molecule has 0 N–H and O–H groups in total. The number of carbonyl (C=O) groups is 2. The van der Waals surface area contributed by atoms with E-state index >= 15 is 0 Å². The molecule has 0 amide bonds. The SMILES string of the molecule is Cc1cc(Cl)ccc1OC(=O)c1cccc(C(=O)OCCCC(C)C)c1. The Morgan fingerprint density at radius 2 is 1.73 bits per heavy atom. The van der Waals surface area contributed by atoms with E-state index in [0.29, 0.717) is 28.9 Å². The van der Waals surface area contributed by atoms with E-state index in [1.54, 1.807) is 43.3 Å². The zero-order valence-corrected chi connectivity index (χ0v) is 16.0. The molecule has 0 aromatic heterocycles. The van der Waals surface area contributed by atoms with Crippen LogP contribution in [0.15, 0.2) is 42.5 Å². The lowest BCUT2D eigenvalue weighted by Gasteiger charge is -2.09. The van der Waals surface area contributed by atoms with Gasteiger partial charge in [-0.2, -0.15) is 0 Å². The van der Waals surface area contributed by atoms with Gasteiger partial charge in [0.2, 0.25) is 0 Å². The van der Waals surface area contributed by atoms with Gasteiger partial charge in [-0.15, -0.1) is 0 Å². The number of aryl methyl sites for hydroxylation is 1. The molecule has 0 saturated heterocycles. The van der Waals surface area contributed by atoms with Crippen molar-refractivity contribution in [2.45, 2.75) is 33.6 Å². The zero-order chi connectivity index (χ0) is 19.1. The van der Waals surface area contributed by atoms with Gasteiger partial charge >= 0.3 is 11.9 Å². The maximum atomic E-state index is 12.4. The number of esters is 2. The van der Waals surface area contributed by atoms with Crippen molar-refractivity contribution in [2.75, 3.05) is 6.61 Å². The summed E-state index contributed by atoms with van der Waals surface area (Å²) in [5, 5.41) is 0.574. The maximum absolute atomic E-state index is 12.4. The molecule has 0 aliphatic heterocycles. The fourth-order valence-electron chi connectivity index (χ4n) is 2.40. The topological polar surface area (TPSA) is 52.6 Å². The van der Waals surface area contributed by atoms with E-state index in [9.17, 15) is 9.59 Å². The number of ether oxygens (including phenoxy) is 2. The highest BCUT2D eigenvalue weighted by molar-refractivity contribution is 6.30. The highest BCUT2D eigenvalue weighted by Gasteiger charge is 2.14. The van der Waals surface area contributed by atoms with Crippen LogP contribution in [-0.2, 0) is 4.74 Å². The number of carbonyl (C=O) groups excluding carboxylic acids is 2. The summed E-state index contributed by atoms with van der Waals surface area (Å²) in [5.41, 5.74) is 1.37. The first-order chi connectivity index (χ1) is 12.4. The average molecular weight is 375 g/mol. The summed E-state index contributed by atoms with van der Waals surface area (Å²) in [7, 11) is 0. The minimum atomic E-state index is -0.537. The van der Waals surface area contributed by atoms with E-state index in [-0.39, 0.29) is 5.56 Å². The average Bonchev–Trinajstić information content (AvgIpc) is 2.60. The van der Waals surface area contributed by atoms with Gasteiger partial charge in [0.1, 0.15) is 5.75 Å². The predicted molar refractivity (Wildman–Crippen MR) is 102 cm³/mol. The Kier molecular flexibility index (Phi) is 7.22. The molecule has 0 bridgehead atoms. The van der Waals surface area contributed by atoms with Gasteiger partial charge in [-0.1, -0.05) is 31.5 Å². The Balaban J connectivity index is 2.01. The molecule has 5 heteroatoms. The van der Waals surface area contributed by atoms with Crippen molar-refractivity contribution in [3.63, 3.8) is 0 Å². The minimum absolute atomic E-state index is 0.288. The predicted octanol–water partition coefficient (Wildman–Crippen LogP) is 5.46. The molecule has 0 unspecified atom stereocenters. The lowest BCUT2D eigenvalue weighted by atomic mass is 10.1. The molecule has 138 valence electrons. The van der Waals surface area contributed by atoms with Crippen LogP contribution in [0.2, 0.25) is 5.02 Å². The number of hydrogen-bond acceptors (Lipinski definition) is 4. The minimum Gasteiger partial charge on any atom is -0.462 e. The Morgan fingerprint density at radius 1 is 1.04 bits per heavy atom. The Bertz CT molecular complexity index is 783. The van der Waals surface area contributed by atoms with Gasteiger partial charge < -0.3 is 9.47 Å². The normalized spacial score (nSPS) is 10.7. The Hall–Kier alpha value is -2.33. The Labute approximate surface area is 159 Å². The molecule has 0 heterocycles. The third kappa shape index (κ3) is 5.88. The lowest BCUT2D eigenvalue weighted by molar-refractivity contribution is 0.0494. The first-order valence-electron chi connectivity index (χ1n) is 8.62. The number of rotatable bonds is 7. The fourth-order valence-corrected chi connectivity index (χ4v) is 2.63. The first kappa shape index (κ1) is 20.0. The fraction of sp³-hybridized carbons (Fsp3) is 0.333. The van der Waals surface area contributed by atoms with Crippen LogP contribution >= 0.6 is 11.6 Å². The van der Waals surface area contributed by atoms with Gasteiger partial charge in [-0.05, 0) is 67.6 Å². The summed E-state index contributed by atoms with van der Waals surface area (Å²) in [6, 6.07) is 11.4. The second-order valence-electron chi connectivity index (χ2n) is 6.55. The van der Waals surface area contributed by atoms with Crippen LogP contribution in [0.3, 0.4) is 0 Å². The second kappa shape index (κ2) is 9.39. The van der Waals surface area contributed by atoms with E-state index in [2.05, 4.69) is 13.8 Å². The number of halogens is 1. The zero-order valence-electron chi connectivity index (χ0n) is 15.3. The third-order valence-electron chi connectivity index (χ3n) is 3.83. The lowest BCUT2D eigenvalue weighted by Crippen LogP contribution is -2.12. The highest BCUT2D eigenvalue weighted by atomic mass is 35.5. The van der Waals surface area contributed by atoms with E-state index in [0.717, 1.165) is 18.4 Å². The molecule has 0 radical (unpaired) electrons. The van der Waals surface area contributed by atoms with Crippen LogP contribution in [-0.4, -0.2) is 18.5 Å². The van der Waals surface area contributed by atoms with Crippen LogP contribution in [0.25, 0.3) is 0 Å². The first-order valence-corrected chi connectivity index (χ1v) is 9.00. The molecule has 0 saturated carbocycles. The maximum Gasteiger partial charge on any atom is 0.343 e. The van der Waals surface area contributed by atoms with Crippen molar-refractivity contribution >= 4 is 23.5 Å². The molecule has 0 fully saturated rings. The summed E-state index contributed by atoms with van der Waals surface area (Å²) in [6.45, 7) is 6.42. The van der Waals surface area contributed by atoms with Crippen molar-refractivity contribution in [1.82, 2.24) is 0 Å². The summed E-state index contributed by atoms with van der Waals surface area (Å²) in [6.07, 6.45) is 1.82. The molecule has 2 rings (SSSR count). The molecule has 0 aliphatic carbocycles. The molecule has 0 spiro atoms. The summed E-state index contributed by atoms with van der Waals surface area (Å²) in [5.74, 6) is 0.0279. The van der Waals surface area contributed by atoms with E-state index in [4.69, 9.17) is 21.1 Å². The molecule has 2 aromatic rings. The highest BCUT2D eigenvalue weighted by Crippen LogP contribution is 2.23. The van der Waals surface area contributed by atoms with E-state index < -0.39 is 11.9 Å². The molecule has 2 aromatic carbocycles. The smallest absolute Gasteiger partial charge is 0.343 e. The van der Waals surface area contributed by atoms with Gasteiger partial charge in [-0.3, -0.25) is 0 Å². The number of benzene rings is 2. The van der Waals surface area contributed by atoms with Crippen molar-refractivity contribution in [3.05, 3.63) is 64.2 Å².